The van der Waals surface area contributed by atoms with Gasteiger partial charge in [0.2, 0.25) is 0 Å². The van der Waals surface area contributed by atoms with Crippen LogP contribution in [0.15, 0.2) is 72.3 Å². The van der Waals surface area contributed by atoms with E-state index in [1.54, 1.807) is 35.2 Å². The third kappa shape index (κ3) is 5.01. The molecule has 3 aromatic rings. The predicted molar refractivity (Wildman–Crippen MR) is 146 cm³/mol. The second-order valence-electron chi connectivity index (χ2n) is 9.96. The van der Waals surface area contributed by atoms with Gasteiger partial charge in [0.15, 0.2) is 0 Å². The van der Waals surface area contributed by atoms with E-state index < -0.39 is 17.7 Å². The number of rotatable bonds is 6. The van der Waals surface area contributed by atoms with Crippen molar-refractivity contribution in [3.05, 3.63) is 99.6 Å². The van der Waals surface area contributed by atoms with Gasteiger partial charge in [0.1, 0.15) is 23.9 Å². The van der Waals surface area contributed by atoms with Crippen molar-refractivity contribution in [1.82, 2.24) is 4.90 Å². The monoisotopic (exact) mass is 531 g/mol. The maximum absolute atomic E-state index is 13.4. The number of halogens is 1. The van der Waals surface area contributed by atoms with E-state index in [-0.39, 0.29) is 28.1 Å². The molecule has 196 valence electrons. The van der Waals surface area contributed by atoms with Gasteiger partial charge in [0, 0.05) is 11.6 Å². The van der Waals surface area contributed by atoms with Crippen LogP contribution in [0.5, 0.6) is 11.5 Å². The van der Waals surface area contributed by atoms with Gasteiger partial charge in [-0.3, -0.25) is 9.59 Å². The Hall–Kier alpha value is -3.77. The second kappa shape index (κ2) is 10.9. The number of aliphatic hydroxyl groups is 1. The van der Waals surface area contributed by atoms with E-state index in [2.05, 4.69) is 0 Å². The predicted octanol–water partition coefficient (Wildman–Crippen LogP) is 6.69. The van der Waals surface area contributed by atoms with E-state index >= 15 is 0 Å². The molecule has 0 aromatic heterocycles. The number of Topliss-reactive ketones (excluding diaryl/α,β-unsaturated/α-hetero) is 1. The van der Waals surface area contributed by atoms with Crippen LogP contribution in [0.25, 0.3) is 5.76 Å². The Morgan fingerprint density at radius 3 is 2.42 bits per heavy atom. The number of hydrogen-bond donors (Lipinski definition) is 2. The van der Waals surface area contributed by atoms with Crippen molar-refractivity contribution in [3.63, 3.8) is 0 Å². The molecule has 2 fully saturated rings. The Bertz CT molecular complexity index is 1390. The van der Waals surface area contributed by atoms with Gasteiger partial charge in [0.25, 0.3) is 11.7 Å². The first kappa shape index (κ1) is 25.9. The largest absolute Gasteiger partial charge is 0.507 e. The van der Waals surface area contributed by atoms with Gasteiger partial charge >= 0.3 is 0 Å². The summed E-state index contributed by atoms with van der Waals surface area (Å²) in [6.07, 6.45) is 4.62. The molecule has 1 amide bonds. The van der Waals surface area contributed by atoms with E-state index in [0.29, 0.717) is 23.5 Å². The molecular weight excluding hydrogens is 502 g/mol. The highest BCUT2D eigenvalue weighted by Crippen LogP contribution is 2.44. The van der Waals surface area contributed by atoms with Crippen LogP contribution in [0.4, 0.5) is 0 Å². The topological polar surface area (TPSA) is 87.1 Å². The van der Waals surface area contributed by atoms with Crippen molar-refractivity contribution in [2.75, 3.05) is 0 Å². The van der Waals surface area contributed by atoms with Gasteiger partial charge in [-0.25, -0.2) is 0 Å². The van der Waals surface area contributed by atoms with Crippen LogP contribution >= 0.6 is 11.6 Å². The Morgan fingerprint density at radius 1 is 1.00 bits per heavy atom. The average molecular weight is 532 g/mol. The summed E-state index contributed by atoms with van der Waals surface area (Å²) in [5, 5.41) is 21.6. The first-order valence-corrected chi connectivity index (χ1v) is 13.3. The van der Waals surface area contributed by atoms with Gasteiger partial charge in [0.05, 0.1) is 16.6 Å². The summed E-state index contributed by atoms with van der Waals surface area (Å²) >= 11 is 6.22. The number of amides is 1. The van der Waals surface area contributed by atoms with Crippen molar-refractivity contribution in [1.29, 1.82) is 0 Å². The molecular formula is C31H30ClNO5. The third-order valence-electron chi connectivity index (χ3n) is 7.42. The average Bonchev–Trinajstić information content (AvgIpc) is 3.20. The Balaban J connectivity index is 1.53. The molecule has 5 rings (SSSR count). The summed E-state index contributed by atoms with van der Waals surface area (Å²) < 4.78 is 5.97. The minimum Gasteiger partial charge on any atom is -0.507 e. The number of phenols is 1. The molecule has 0 bridgehead atoms. The van der Waals surface area contributed by atoms with Crippen LogP contribution in [0, 0.1) is 6.92 Å². The number of nitrogens with zero attached hydrogens (tertiary/aromatic N) is 1. The minimum absolute atomic E-state index is 0.0275. The highest BCUT2D eigenvalue weighted by molar-refractivity contribution is 6.46. The van der Waals surface area contributed by atoms with E-state index in [4.69, 9.17) is 16.3 Å². The number of aryl methyl sites for hydroxylation is 1. The van der Waals surface area contributed by atoms with Gasteiger partial charge in [-0.1, -0.05) is 67.3 Å². The molecule has 6 nitrogen and oxygen atoms in total. The lowest BCUT2D eigenvalue weighted by molar-refractivity contribution is -0.141. The number of ether oxygens (including phenoxy) is 1. The molecule has 0 radical (unpaired) electrons. The van der Waals surface area contributed by atoms with Crippen molar-refractivity contribution in [3.8, 4) is 11.5 Å². The molecule has 1 atom stereocenters. The second-order valence-corrected chi connectivity index (χ2v) is 10.4. The molecule has 1 heterocycles. The Morgan fingerprint density at radius 2 is 1.74 bits per heavy atom. The molecule has 1 saturated carbocycles. The van der Waals surface area contributed by atoms with Crippen molar-refractivity contribution in [2.45, 2.75) is 57.7 Å². The van der Waals surface area contributed by atoms with Gasteiger partial charge in [-0.05, 0) is 66.8 Å². The van der Waals surface area contributed by atoms with Crippen molar-refractivity contribution >= 4 is 29.1 Å². The third-order valence-corrected chi connectivity index (χ3v) is 7.72. The SMILES string of the molecule is Cc1cc(/C(O)=C2/C(=O)C(=O)N(C3CCCCC3)C2c2ccc(O)c(Cl)c2)ccc1OCc1ccccc1. The Kier molecular flexibility index (Phi) is 7.43. The van der Waals surface area contributed by atoms with E-state index in [1.165, 1.54) is 6.07 Å². The molecule has 1 aliphatic carbocycles. The maximum Gasteiger partial charge on any atom is 0.295 e. The molecule has 1 unspecified atom stereocenters. The summed E-state index contributed by atoms with van der Waals surface area (Å²) in [4.78, 5) is 28.4. The number of aliphatic hydroxyl groups excluding tert-OH is 1. The van der Waals surface area contributed by atoms with Crippen molar-refractivity contribution in [2.24, 2.45) is 0 Å². The minimum atomic E-state index is -0.800. The highest BCUT2D eigenvalue weighted by Gasteiger charge is 2.49. The van der Waals surface area contributed by atoms with E-state index in [1.807, 2.05) is 37.3 Å². The summed E-state index contributed by atoms with van der Waals surface area (Å²) in [5.41, 5.74) is 2.84. The zero-order valence-corrected chi connectivity index (χ0v) is 21.9. The lowest BCUT2D eigenvalue weighted by atomic mass is 9.90. The van der Waals surface area contributed by atoms with Gasteiger partial charge in [-0.15, -0.1) is 0 Å². The van der Waals surface area contributed by atoms with Crippen LogP contribution in [-0.4, -0.2) is 32.8 Å². The molecule has 38 heavy (non-hydrogen) atoms. The maximum atomic E-state index is 13.4. The number of benzene rings is 3. The summed E-state index contributed by atoms with van der Waals surface area (Å²) in [5.74, 6) is -1.01. The number of aromatic hydroxyl groups is 1. The fraction of sp³-hybridized carbons (Fsp3) is 0.290. The van der Waals surface area contributed by atoms with Crippen LogP contribution in [0.1, 0.15) is 60.4 Å². The summed E-state index contributed by atoms with van der Waals surface area (Å²) in [6, 6.07) is 18.8. The summed E-state index contributed by atoms with van der Waals surface area (Å²) in [7, 11) is 0. The Labute approximate surface area is 227 Å². The van der Waals surface area contributed by atoms with E-state index in [9.17, 15) is 19.8 Å². The molecule has 2 N–H and O–H groups in total. The van der Waals surface area contributed by atoms with Crippen LogP contribution in [0.2, 0.25) is 5.02 Å². The van der Waals surface area contributed by atoms with Gasteiger partial charge < -0.3 is 19.8 Å². The van der Waals surface area contributed by atoms with Crippen molar-refractivity contribution < 1.29 is 24.5 Å². The normalized spacial score (nSPS) is 19.6. The lowest BCUT2D eigenvalue weighted by Crippen LogP contribution is -2.40. The lowest BCUT2D eigenvalue weighted by Gasteiger charge is -2.35. The highest BCUT2D eigenvalue weighted by atomic mass is 35.5. The first-order chi connectivity index (χ1) is 18.3. The summed E-state index contributed by atoms with van der Waals surface area (Å²) in [6.45, 7) is 2.27. The van der Waals surface area contributed by atoms with Gasteiger partial charge in [-0.2, -0.15) is 0 Å². The fourth-order valence-electron chi connectivity index (χ4n) is 5.46. The van der Waals surface area contributed by atoms with E-state index in [0.717, 1.165) is 43.2 Å². The molecule has 7 heteroatoms. The van der Waals surface area contributed by atoms with Crippen LogP contribution in [0.3, 0.4) is 0 Å². The smallest absolute Gasteiger partial charge is 0.295 e. The number of carbonyl (C=O) groups is 2. The standard InChI is InChI=1S/C31H30ClNO5/c1-19-16-22(13-15-26(19)38-18-20-8-4-2-5-9-20)29(35)27-28(21-12-14-25(34)24(32)17-21)33(31(37)30(27)36)23-10-6-3-7-11-23/h2,4-5,8-9,12-17,23,28,34-35H,3,6-7,10-11,18H2,1H3/b29-27-. The van der Waals surface area contributed by atoms with Crippen LogP contribution in [-0.2, 0) is 16.2 Å². The number of ketones is 1. The quantitative estimate of drug-likeness (QED) is 0.210. The molecule has 1 saturated heterocycles. The first-order valence-electron chi connectivity index (χ1n) is 12.9. The zero-order chi connectivity index (χ0) is 26.8. The number of likely N-dealkylation sites (tertiary alicyclic amines) is 1. The molecule has 0 spiro atoms. The van der Waals surface area contributed by atoms with Crippen LogP contribution < -0.4 is 4.74 Å². The molecule has 2 aliphatic rings. The fourth-order valence-corrected chi connectivity index (χ4v) is 5.64. The molecule has 1 aliphatic heterocycles. The number of phenolic OH excluding ortho intramolecular Hbond substituents is 1. The molecule has 3 aromatic carbocycles. The number of carbonyl (C=O) groups excluding carboxylic acids is 2. The zero-order valence-electron chi connectivity index (χ0n) is 21.2. The number of hydrogen-bond acceptors (Lipinski definition) is 5.